The summed E-state index contributed by atoms with van der Waals surface area (Å²) < 4.78 is 10.6. The molecule has 2 amide bonds. The van der Waals surface area contributed by atoms with Gasteiger partial charge < -0.3 is 19.7 Å². The van der Waals surface area contributed by atoms with Crippen molar-refractivity contribution in [3.8, 4) is 11.5 Å². The van der Waals surface area contributed by atoms with Gasteiger partial charge in [0.1, 0.15) is 6.54 Å². The van der Waals surface area contributed by atoms with Crippen molar-refractivity contribution in [1.82, 2.24) is 5.32 Å². The van der Waals surface area contributed by atoms with Gasteiger partial charge in [0.05, 0.1) is 20.1 Å². The third-order valence-corrected chi connectivity index (χ3v) is 5.67. The van der Waals surface area contributed by atoms with E-state index in [0.29, 0.717) is 24.5 Å². The Morgan fingerprint density at radius 2 is 1.66 bits per heavy atom. The molecule has 0 bridgehead atoms. The molecule has 1 N–H and O–H groups in total. The number of hydrogen-bond donors (Lipinski definition) is 1. The van der Waals surface area contributed by atoms with E-state index in [1.54, 1.807) is 19.1 Å². The molecule has 1 heterocycles. The van der Waals surface area contributed by atoms with Crippen molar-refractivity contribution in [2.24, 2.45) is 0 Å². The van der Waals surface area contributed by atoms with E-state index in [-0.39, 0.29) is 24.3 Å². The van der Waals surface area contributed by atoms with Gasteiger partial charge in [-0.15, -0.1) is 0 Å². The first-order valence-corrected chi connectivity index (χ1v) is 10.5. The number of anilines is 1. The van der Waals surface area contributed by atoms with E-state index >= 15 is 0 Å². The smallest absolute Gasteiger partial charge is 0.240 e. The normalized spacial score (nSPS) is 14.8. The van der Waals surface area contributed by atoms with E-state index in [9.17, 15) is 9.59 Å². The van der Waals surface area contributed by atoms with Crippen LogP contribution in [0.2, 0.25) is 0 Å². The predicted molar refractivity (Wildman–Crippen MR) is 123 cm³/mol. The lowest BCUT2D eigenvalue weighted by Crippen LogP contribution is -2.40. The Balaban J connectivity index is 1.41. The summed E-state index contributed by atoms with van der Waals surface area (Å²) in [6.07, 6.45) is 0.642. The highest BCUT2D eigenvalue weighted by atomic mass is 16.5. The molecule has 6 nitrogen and oxygen atoms in total. The average Bonchev–Trinajstić information content (AvgIpc) is 3.10. The summed E-state index contributed by atoms with van der Waals surface area (Å²) in [7, 11) is 3.19. The zero-order valence-electron chi connectivity index (χ0n) is 18.2. The quantitative estimate of drug-likeness (QED) is 0.594. The second-order valence-corrected chi connectivity index (χ2v) is 7.62. The summed E-state index contributed by atoms with van der Waals surface area (Å²) >= 11 is 0. The molecule has 6 heteroatoms. The van der Waals surface area contributed by atoms with E-state index in [0.717, 1.165) is 22.4 Å². The molecule has 1 aliphatic rings. The zero-order valence-corrected chi connectivity index (χ0v) is 18.2. The molecule has 0 aliphatic carbocycles. The number of nitrogens with zero attached hydrogens (tertiary/aromatic N) is 1. The Bertz CT molecular complexity index is 1110. The molecule has 1 unspecified atom stereocenters. The Morgan fingerprint density at radius 1 is 0.938 bits per heavy atom. The van der Waals surface area contributed by atoms with Crippen LogP contribution < -0.4 is 19.7 Å². The number of nitrogens with one attached hydrogen (secondary N) is 1. The van der Waals surface area contributed by atoms with Crippen molar-refractivity contribution >= 4 is 17.5 Å². The molecule has 0 aromatic heterocycles. The van der Waals surface area contributed by atoms with E-state index in [2.05, 4.69) is 5.32 Å². The van der Waals surface area contributed by atoms with Crippen LogP contribution in [-0.4, -0.2) is 39.1 Å². The topological polar surface area (TPSA) is 67.9 Å². The number of amides is 2. The standard InChI is InChI=1S/C26H26N2O4/c1-31-22-13-12-18(16-23(22)32-2)14-15-27-24(29)17-28-21-11-7-6-10-20(21)25(26(28)30)19-8-4-3-5-9-19/h3-13,16,25H,14-15,17H2,1-2H3,(H,27,29). The summed E-state index contributed by atoms with van der Waals surface area (Å²) in [5.74, 6) is 0.670. The molecule has 4 rings (SSSR count). The molecule has 1 atom stereocenters. The largest absolute Gasteiger partial charge is 0.493 e. The van der Waals surface area contributed by atoms with Gasteiger partial charge >= 0.3 is 0 Å². The highest BCUT2D eigenvalue weighted by Crippen LogP contribution is 2.40. The number of rotatable bonds is 8. The lowest BCUT2D eigenvalue weighted by atomic mass is 9.93. The Kier molecular flexibility index (Phi) is 6.40. The summed E-state index contributed by atoms with van der Waals surface area (Å²) in [4.78, 5) is 27.5. The first kappa shape index (κ1) is 21.4. The lowest BCUT2D eigenvalue weighted by Gasteiger charge is -2.18. The molecule has 0 radical (unpaired) electrons. The highest BCUT2D eigenvalue weighted by Gasteiger charge is 2.38. The number of fused-ring (bicyclic) bond motifs is 1. The maximum absolute atomic E-state index is 13.2. The van der Waals surface area contributed by atoms with Crippen molar-refractivity contribution in [1.29, 1.82) is 0 Å². The number of benzene rings is 3. The second kappa shape index (κ2) is 9.56. The number of hydrogen-bond acceptors (Lipinski definition) is 4. The van der Waals surface area contributed by atoms with Crippen molar-refractivity contribution in [2.45, 2.75) is 12.3 Å². The van der Waals surface area contributed by atoms with E-state index in [1.807, 2.05) is 72.8 Å². The highest BCUT2D eigenvalue weighted by molar-refractivity contribution is 6.09. The number of ether oxygens (including phenoxy) is 2. The number of methoxy groups -OCH3 is 2. The minimum Gasteiger partial charge on any atom is -0.493 e. The molecule has 164 valence electrons. The molecule has 0 saturated carbocycles. The van der Waals surface area contributed by atoms with Crippen LogP contribution in [0.5, 0.6) is 11.5 Å². The van der Waals surface area contributed by atoms with Gasteiger partial charge in [-0.1, -0.05) is 54.6 Å². The second-order valence-electron chi connectivity index (χ2n) is 7.62. The maximum atomic E-state index is 13.2. The van der Waals surface area contributed by atoms with Gasteiger partial charge in [0.15, 0.2) is 11.5 Å². The molecular weight excluding hydrogens is 404 g/mol. The monoisotopic (exact) mass is 430 g/mol. The van der Waals surface area contributed by atoms with Crippen LogP contribution in [0.15, 0.2) is 72.8 Å². The molecule has 32 heavy (non-hydrogen) atoms. The number of carbonyl (C=O) groups is 2. The summed E-state index contributed by atoms with van der Waals surface area (Å²) in [6.45, 7) is 0.450. The number of para-hydroxylation sites is 1. The van der Waals surface area contributed by atoms with Crippen molar-refractivity contribution in [3.05, 3.63) is 89.5 Å². The number of carbonyl (C=O) groups excluding carboxylic acids is 2. The van der Waals surface area contributed by atoms with Crippen LogP contribution in [0, 0.1) is 0 Å². The summed E-state index contributed by atoms with van der Waals surface area (Å²) in [6, 6.07) is 23.0. The Hall–Kier alpha value is -3.80. The van der Waals surface area contributed by atoms with Crippen molar-refractivity contribution in [2.75, 3.05) is 32.2 Å². The van der Waals surface area contributed by atoms with Gasteiger partial charge in [0, 0.05) is 12.2 Å². The fraction of sp³-hybridized carbons (Fsp3) is 0.231. The molecule has 1 aliphatic heterocycles. The van der Waals surface area contributed by atoms with Gasteiger partial charge in [-0.2, -0.15) is 0 Å². The minimum absolute atomic E-state index is 0.00882. The zero-order chi connectivity index (χ0) is 22.5. The fourth-order valence-electron chi connectivity index (χ4n) is 4.10. The van der Waals surface area contributed by atoms with Gasteiger partial charge in [-0.25, -0.2) is 0 Å². The van der Waals surface area contributed by atoms with Crippen LogP contribution in [-0.2, 0) is 16.0 Å². The van der Waals surface area contributed by atoms with Crippen LogP contribution in [0.25, 0.3) is 0 Å². The average molecular weight is 431 g/mol. The summed E-state index contributed by atoms with van der Waals surface area (Å²) in [5, 5.41) is 2.93. The van der Waals surface area contributed by atoms with E-state index < -0.39 is 0 Å². The van der Waals surface area contributed by atoms with Crippen LogP contribution in [0.4, 0.5) is 5.69 Å². The molecule has 0 saturated heterocycles. The third kappa shape index (κ3) is 4.30. The third-order valence-electron chi connectivity index (χ3n) is 5.67. The van der Waals surface area contributed by atoms with Crippen molar-refractivity contribution in [3.63, 3.8) is 0 Å². The first-order chi connectivity index (χ1) is 15.6. The molecule has 3 aromatic carbocycles. The van der Waals surface area contributed by atoms with Crippen LogP contribution >= 0.6 is 0 Å². The van der Waals surface area contributed by atoms with E-state index in [4.69, 9.17) is 9.47 Å². The fourth-order valence-corrected chi connectivity index (χ4v) is 4.10. The molecule has 3 aromatic rings. The van der Waals surface area contributed by atoms with E-state index in [1.165, 1.54) is 0 Å². The minimum atomic E-state index is -0.382. The van der Waals surface area contributed by atoms with Gasteiger partial charge in [-0.05, 0) is 41.3 Å². The van der Waals surface area contributed by atoms with Crippen LogP contribution in [0.1, 0.15) is 22.6 Å². The van der Waals surface area contributed by atoms with Crippen LogP contribution in [0.3, 0.4) is 0 Å². The molecule has 0 spiro atoms. The first-order valence-electron chi connectivity index (χ1n) is 10.5. The molecule has 0 fully saturated rings. The molecular formula is C26H26N2O4. The predicted octanol–water partition coefficient (Wildman–Crippen LogP) is 3.54. The Labute approximate surface area is 187 Å². The van der Waals surface area contributed by atoms with Gasteiger partial charge in [0.25, 0.3) is 0 Å². The van der Waals surface area contributed by atoms with Gasteiger partial charge in [-0.3, -0.25) is 9.59 Å². The lowest BCUT2D eigenvalue weighted by molar-refractivity contribution is -0.123. The Morgan fingerprint density at radius 3 is 2.41 bits per heavy atom. The maximum Gasteiger partial charge on any atom is 0.240 e. The van der Waals surface area contributed by atoms with Gasteiger partial charge in [0.2, 0.25) is 11.8 Å². The summed E-state index contributed by atoms with van der Waals surface area (Å²) in [5.41, 5.74) is 3.68. The van der Waals surface area contributed by atoms with Crippen molar-refractivity contribution < 1.29 is 19.1 Å². The SMILES string of the molecule is COc1ccc(CCNC(=O)CN2C(=O)C(c3ccccc3)c3ccccc32)cc1OC.